The van der Waals surface area contributed by atoms with E-state index in [-0.39, 0.29) is 5.91 Å². The van der Waals surface area contributed by atoms with Gasteiger partial charge in [-0.15, -0.1) is 0 Å². The molecule has 100 valence electrons. The quantitative estimate of drug-likeness (QED) is 0.857. The third kappa shape index (κ3) is 3.84. The summed E-state index contributed by atoms with van der Waals surface area (Å²) in [4.78, 5) is 20.3. The van der Waals surface area contributed by atoms with Gasteiger partial charge in [0.2, 0.25) is 5.91 Å². The van der Waals surface area contributed by atoms with E-state index in [1.807, 2.05) is 24.3 Å². The highest BCUT2D eigenvalue weighted by Gasteiger charge is 2.05. The Morgan fingerprint density at radius 1 is 1.32 bits per heavy atom. The van der Waals surface area contributed by atoms with Gasteiger partial charge in [0, 0.05) is 32.2 Å². The van der Waals surface area contributed by atoms with Crippen molar-refractivity contribution in [2.45, 2.75) is 13.0 Å². The molecule has 0 aliphatic carbocycles. The van der Waals surface area contributed by atoms with Crippen molar-refractivity contribution in [2.24, 2.45) is 0 Å². The number of aromatic amines is 1. The van der Waals surface area contributed by atoms with Crippen LogP contribution in [0.5, 0.6) is 0 Å². The number of hydrogen-bond donors (Lipinski definition) is 2. The molecule has 0 saturated heterocycles. The van der Waals surface area contributed by atoms with Crippen LogP contribution in [-0.2, 0) is 17.8 Å². The monoisotopic (exact) mass is 258 g/mol. The fourth-order valence-electron chi connectivity index (χ4n) is 1.65. The van der Waals surface area contributed by atoms with Crippen LogP contribution >= 0.6 is 0 Å². The van der Waals surface area contributed by atoms with Gasteiger partial charge in [0.15, 0.2) is 0 Å². The lowest BCUT2D eigenvalue weighted by Crippen LogP contribution is -2.23. The first-order valence-electron chi connectivity index (χ1n) is 6.16. The van der Waals surface area contributed by atoms with Crippen molar-refractivity contribution in [3.8, 4) is 0 Å². The van der Waals surface area contributed by atoms with Gasteiger partial charge < -0.3 is 15.2 Å². The maximum atomic E-state index is 11.6. The molecule has 0 unspecified atom stereocenters. The van der Waals surface area contributed by atoms with E-state index in [4.69, 9.17) is 0 Å². The van der Waals surface area contributed by atoms with Crippen molar-refractivity contribution in [2.75, 3.05) is 19.4 Å². The average molecular weight is 258 g/mol. The lowest BCUT2D eigenvalue weighted by Gasteiger charge is -2.10. The summed E-state index contributed by atoms with van der Waals surface area (Å²) in [5.41, 5.74) is 2.03. The number of benzene rings is 1. The summed E-state index contributed by atoms with van der Waals surface area (Å²) < 4.78 is 0. The second-order valence-corrected chi connectivity index (χ2v) is 4.55. The molecule has 19 heavy (non-hydrogen) atoms. The van der Waals surface area contributed by atoms with Crippen LogP contribution in [0.15, 0.2) is 36.7 Å². The Bertz CT molecular complexity index is 517. The third-order valence-corrected chi connectivity index (χ3v) is 2.82. The Morgan fingerprint density at radius 2 is 2.05 bits per heavy atom. The summed E-state index contributed by atoms with van der Waals surface area (Å²) >= 11 is 0. The summed E-state index contributed by atoms with van der Waals surface area (Å²) in [6, 6.07) is 7.88. The minimum atomic E-state index is 0.108. The SMILES string of the molecule is CN(C)C(=O)Cc1ccc(NCc2ncc[nH]2)cc1. The van der Waals surface area contributed by atoms with Crippen LogP contribution in [0, 0.1) is 0 Å². The molecule has 2 aromatic rings. The molecule has 1 aromatic heterocycles. The van der Waals surface area contributed by atoms with E-state index in [0.717, 1.165) is 17.1 Å². The maximum absolute atomic E-state index is 11.6. The van der Waals surface area contributed by atoms with Gasteiger partial charge in [0.05, 0.1) is 13.0 Å². The van der Waals surface area contributed by atoms with Gasteiger partial charge in [-0.1, -0.05) is 12.1 Å². The van der Waals surface area contributed by atoms with E-state index in [1.54, 1.807) is 31.4 Å². The molecule has 0 saturated carbocycles. The van der Waals surface area contributed by atoms with Gasteiger partial charge >= 0.3 is 0 Å². The fourth-order valence-corrected chi connectivity index (χ4v) is 1.65. The summed E-state index contributed by atoms with van der Waals surface area (Å²) in [6.45, 7) is 0.656. The summed E-state index contributed by atoms with van der Waals surface area (Å²) in [5, 5.41) is 3.26. The number of rotatable bonds is 5. The minimum absolute atomic E-state index is 0.108. The highest BCUT2D eigenvalue weighted by molar-refractivity contribution is 5.78. The molecule has 1 aromatic carbocycles. The highest BCUT2D eigenvalue weighted by atomic mass is 16.2. The Labute approximate surface area is 112 Å². The molecule has 0 atom stereocenters. The molecule has 1 heterocycles. The molecule has 0 radical (unpaired) electrons. The van der Waals surface area contributed by atoms with Gasteiger partial charge in [-0.2, -0.15) is 0 Å². The molecule has 5 heteroatoms. The topological polar surface area (TPSA) is 61.0 Å². The summed E-state index contributed by atoms with van der Waals surface area (Å²) in [5.74, 6) is 1.00. The number of nitrogens with one attached hydrogen (secondary N) is 2. The first-order valence-corrected chi connectivity index (χ1v) is 6.16. The van der Waals surface area contributed by atoms with Crippen LogP contribution in [0.4, 0.5) is 5.69 Å². The Hall–Kier alpha value is -2.30. The number of hydrogen-bond acceptors (Lipinski definition) is 3. The van der Waals surface area contributed by atoms with Crippen molar-refractivity contribution < 1.29 is 4.79 Å². The zero-order valence-corrected chi connectivity index (χ0v) is 11.2. The average Bonchev–Trinajstić information content (AvgIpc) is 2.91. The van der Waals surface area contributed by atoms with Crippen LogP contribution in [0.3, 0.4) is 0 Å². The number of amides is 1. The van der Waals surface area contributed by atoms with E-state index in [1.165, 1.54) is 0 Å². The number of likely N-dealkylation sites (N-methyl/N-ethyl adjacent to an activating group) is 1. The van der Waals surface area contributed by atoms with Crippen molar-refractivity contribution in [3.63, 3.8) is 0 Å². The van der Waals surface area contributed by atoms with Gasteiger partial charge in [-0.25, -0.2) is 4.98 Å². The van der Waals surface area contributed by atoms with Crippen LogP contribution in [0.25, 0.3) is 0 Å². The predicted molar refractivity (Wildman–Crippen MR) is 74.8 cm³/mol. The van der Waals surface area contributed by atoms with Crippen LogP contribution in [-0.4, -0.2) is 34.9 Å². The van der Waals surface area contributed by atoms with E-state index < -0.39 is 0 Å². The van der Waals surface area contributed by atoms with Crippen molar-refractivity contribution in [1.29, 1.82) is 0 Å². The molecule has 1 amide bonds. The van der Waals surface area contributed by atoms with Gasteiger partial charge in [-0.05, 0) is 17.7 Å². The number of carbonyl (C=O) groups excluding carboxylic acids is 1. The molecule has 0 fully saturated rings. The van der Waals surface area contributed by atoms with Crippen LogP contribution in [0.2, 0.25) is 0 Å². The second kappa shape index (κ2) is 6.04. The highest BCUT2D eigenvalue weighted by Crippen LogP contribution is 2.11. The zero-order valence-electron chi connectivity index (χ0n) is 11.2. The molecule has 0 spiro atoms. The van der Waals surface area contributed by atoms with E-state index in [2.05, 4.69) is 15.3 Å². The Morgan fingerprint density at radius 3 is 2.63 bits per heavy atom. The second-order valence-electron chi connectivity index (χ2n) is 4.55. The number of anilines is 1. The fraction of sp³-hybridized carbons (Fsp3) is 0.286. The Balaban J connectivity index is 1.89. The van der Waals surface area contributed by atoms with E-state index in [9.17, 15) is 4.79 Å². The zero-order chi connectivity index (χ0) is 13.7. The third-order valence-electron chi connectivity index (χ3n) is 2.82. The maximum Gasteiger partial charge on any atom is 0.226 e. The van der Waals surface area contributed by atoms with Gasteiger partial charge in [0.25, 0.3) is 0 Å². The normalized spacial score (nSPS) is 10.2. The first-order chi connectivity index (χ1) is 9.15. The van der Waals surface area contributed by atoms with E-state index in [0.29, 0.717) is 13.0 Å². The molecule has 2 N–H and O–H groups in total. The number of carbonyl (C=O) groups is 1. The molecule has 5 nitrogen and oxygen atoms in total. The lowest BCUT2D eigenvalue weighted by molar-refractivity contribution is -0.127. The molecular formula is C14H18N4O. The molecule has 0 aliphatic rings. The van der Waals surface area contributed by atoms with Gasteiger partial charge in [0.1, 0.15) is 5.82 Å². The molecule has 2 rings (SSSR count). The molecule has 0 bridgehead atoms. The predicted octanol–water partition coefficient (Wildman–Crippen LogP) is 1.65. The summed E-state index contributed by atoms with van der Waals surface area (Å²) in [6.07, 6.45) is 3.96. The van der Waals surface area contributed by atoms with Crippen molar-refractivity contribution in [3.05, 3.63) is 48.0 Å². The smallest absolute Gasteiger partial charge is 0.226 e. The van der Waals surface area contributed by atoms with Crippen molar-refractivity contribution in [1.82, 2.24) is 14.9 Å². The largest absolute Gasteiger partial charge is 0.378 e. The first kappa shape index (κ1) is 13.1. The minimum Gasteiger partial charge on any atom is -0.378 e. The molecular weight excluding hydrogens is 240 g/mol. The van der Waals surface area contributed by atoms with Crippen LogP contribution in [0.1, 0.15) is 11.4 Å². The lowest BCUT2D eigenvalue weighted by atomic mass is 10.1. The van der Waals surface area contributed by atoms with Crippen LogP contribution < -0.4 is 5.32 Å². The van der Waals surface area contributed by atoms with Crippen molar-refractivity contribution >= 4 is 11.6 Å². The standard InChI is InChI=1S/C14H18N4O/c1-18(2)14(19)9-11-3-5-12(6-4-11)17-10-13-15-7-8-16-13/h3-8,17H,9-10H2,1-2H3,(H,15,16). The van der Waals surface area contributed by atoms with Gasteiger partial charge in [-0.3, -0.25) is 4.79 Å². The number of H-pyrrole nitrogens is 1. The Kier molecular flexibility index (Phi) is 4.18. The van der Waals surface area contributed by atoms with E-state index >= 15 is 0 Å². The number of nitrogens with zero attached hydrogens (tertiary/aromatic N) is 2. The number of imidazole rings is 1. The number of aromatic nitrogens is 2. The summed E-state index contributed by atoms with van der Waals surface area (Å²) in [7, 11) is 3.53. The molecule has 0 aliphatic heterocycles.